The largest absolute Gasteiger partial charge is 0.312 e. The number of benzene rings is 1. The Bertz CT molecular complexity index is 533. The van der Waals surface area contributed by atoms with Gasteiger partial charge in [-0.05, 0) is 51.4 Å². The van der Waals surface area contributed by atoms with Gasteiger partial charge < -0.3 is 5.32 Å². The number of rotatable bonds is 4. The maximum absolute atomic E-state index is 11.9. The predicted molar refractivity (Wildman–Crippen MR) is 76.6 cm³/mol. The van der Waals surface area contributed by atoms with Crippen LogP contribution in [0.2, 0.25) is 0 Å². The lowest BCUT2D eigenvalue weighted by Crippen LogP contribution is -2.43. The summed E-state index contributed by atoms with van der Waals surface area (Å²) in [5, 5.41) is 3.13. The van der Waals surface area contributed by atoms with Crippen LogP contribution in [0.5, 0.6) is 0 Å². The molecule has 0 saturated heterocycles. The van der Waals surface area contributed by atoms with Crippen molar-refractivity contribution in [2.75, 3.05) is 13.3 Å². The van der Waals surface area contributed by atoms with Gasteiger partial charge in [-0.15, -0.1) is 0 Å². The van der Waals surface area contributed by atoms with Crippen LogP contribution in [-0.2, 0) is 9.84 Å². The Labute approximate surface area is 111 Å². The second-order valence-electron chi connectivity index (χ2n) is 5.44. The molecular weight excluding hydrogens is 246 g/mol. The quantitative estimate of drug-likeness (QED) is 0.913. The van der Waals surface area contributed by atoms with E-state index in [-0.39, 0.29) is 6.04 Å². The molecule has 0 saturated carbocycles. The zero-order valence-electron chi connectivity index (χ0n) is 12.0. The topological polar surface area (TPSA) is 46.2 Å². The van der Waals surface area contributed by atoms with Crippen molar-refractivity contribution in [3.05, 3.63) is 34.9 Å². The van der Waals surface area contributed by atoms with Crippen LogP contribution in [0.4, 0.5) is 0 Å². The van der Waals surface area contributed by atoms with Gasteiger partial charge in [-0.1, -0.05) is 18.2 Å². The van der Waals surface area contributed by atoms with Gasteiger partial charge in [0.25, 0.3) is 0 Å². The van der Waals surface area contributed by atoms with Gasteiger partial charge in [0.1, 0.15) is 0 Å². The van der Waals surface area contributed by atoms with Crippen LogP contribution in [-0.4, -0.2) is 26.5 Å². The zero-order chi connectivity index (χ0) is 14.1. The van der Waals surface area contributed by atoms with Crippen LogP contribution >= 0.6 is 0 Å². The van der Waals surface area contributed by atoms with E-state index in [1.54, 1.807) is 20.9 Å². The van der Waals surface area contributed by atoms with E-state index in [0.29, 0.717) is 0 Å². The summed E-state index contributed by atoms with van der Waals surface area (Å²) in [4.78, 5) is 0. The van der Waals surface area contributed by atoms with Crippen molar-refractivity contribution in [2.45, 2.75) is 38.5 Å². The van der Waals surface area contributed by atoms with Crippen molar-refractivity contribution in [3.63, 3.8) is 0 Å². The van der Waals surface area contributed by atoms with Crippen LogP contribution in [0.3, 0.4) is 0 Å². The number of nitrogens with one attached hydrogen (secondary N) is 1. The summed E-state index contributed by atoms with van der Waals surface area (Å²) in [6.45, 7) is 7.62. The van der Waals surface area contributed by atoms with Gasteiger partial charge in [0.05, 0.1) is 10.8 Å². The molecule has 1 aromatic carbocycles. The molecule has 1 N–H and O–H groups in total. The van der Waals surface area contributed by atoms with Crippen molar-refractivity contribution < 1.29 is 8.42 Å². The van der Waals surface area contributed by atoms with Crippen LogP contribution < -0.4 is 5.32 Å². The van der Waals surface area contributed by atoms with Crippen LogP contribution in [0, 0.1) is 13.8 Å². The summed E-state index contributed by atoms with van der Waals surface area (Å²) in [7, 11) is -1.35. The SMILES string of the molecule is CNC(c1ccc(C)c(C)c1)C(C)(C)S(C)(=O)=O. The van der Waals surface area contributed by atoms with E-state index in [0.717, 1.165) is 5.56 Å². The Morgan fingerprint density at radius 1 is 1.17 bits per heavy atom. The molecule has 102 valence electrons. The smallest absolute Gasteiger partial charge is 0.154 e. The first kappa shape index (κ1) is 15.2. The first-order valence-electron chi connectivity index (χ1n) is 6.05. The number of aryl methyl sites for hydroxylation is 2. The Morgan fingerprint density at radius 3 is 2.11 bits per heavy atom. The van der Waals surface area contributed by atoms with Gasteiger partial charge in [-0.2, -0.15) is 0 Å². The van der Waals surface area contributed by atoms with Crippen LogP contribution in [0.1, 0.15) is 36.6 Å². The van der Waals surface area contributed by atoms with Gasteiger partial charge in [-0.25, -0.2) is 8.42 Å². The molecule has 0 spiro atoms. The molecule has 0 aromatic heterocycles. The highest BCUT2D eigenvalue weighted by Gasteiger charge is 2.39. The molecule has 4 heteroatoms. The van der Waals surface area contributed by atoms with Crippen LogP contribution in [0.15, 0.2) is 18.2 Å². The van der Waals surface area contributed by atoms with Crippen molar-refractivity contribution in [1.29, 1.82) is 0 Å². The lowest BCUT2D eigenvalue weighted by molar-refractivity contribution is 0.446. The normalized spacial score (nSPS) is 14.6. The molecule has 1 rings (SSSR count). The molecule has 1 aromatic rings. The zero-order valence-corrected chi connectivity index (χ0v) is 12.9. The van der Waals surface area contributed by atoms with E-state index in [1.165, 1.54) is 17.4 Å². The monoisotopic (exact) mass is 269 g/mol. The average Bonchev–Trinajstić information content (AvgIpc) is 2.22. The first-order chi connectivity index (χ1) is 8.11. The van der Waals surface area contributed by atoms with Crippen LogP contribution in [0.25, 0.3) is 0 Å². The molecule has 0 radical (unpaired) electrons. The minimum atomic E-state index is -3.15. The summed E-state index contributed by atoms with van der Waals surface area (Å²) >= 11 is 0. The Kier molecular flexibility index (Phi) is 4.23. The third-order valence-corrected chi connectivity index (χ3v) is 5.95. The standard InChI is InChI=1S/C14H23NO2S/c1-10-7-8-12(9-11(10)2)13(15-5)14(3,4)18(6,16)17/h7-9,13,15H,1-6H3. The number of sulfone groups is 1. The van der Waals surface area contributed by atoms with Crippen molar-refractivity contribution in [2.24, 2.45) is 0 Å². The van der Waals surface area contributed by atoms with Gasteiger partial charge in [0.2, 0.25) is 0 Å². The first-order valence-corrected chi connectivity index (χ1v) is 7.94. The van der Waals surface area contributed by atoms with Gasteiger partial charge >= 0.3 is 0 Å². The van der Waals surface area contributed by atoms with E-state index < -0.39 is 14.6 Å². The van der Waals surface area contributed by atoms with Gasteiger partial charge in [0.15, 0.2) is 9.84 Å². The maximum atomic E-state index is 11.9. The maximum Gasteiger partial charge on any atom is 0.154 e. The molecule has 3 nitrogen and oxygen atoms in total. The summed E-state index contributed by atoms with van der Waals surface area (Å²) in [5.41, 5.74) is 3.40. The molecular formula is C14H23NO2S. The minimum absolute atomic E-state index is 0.216. The highest BCUT2D eigenvalue weighted by atomic mass is 32.2. The molecule has 1 atom stereocenters. The fourth-order valence-electron chi connectivity index (χ4n) is 2.07. The van der Waals surface area contributed by atoms with Crippen molar-refractivity contribution in [3.8, 4) is 0 Å². The highest BCUT2D eigenvalue weighted by molar-refractivity contribution is 7.92. The third kappa shape index (κ3) is 2.75. The second-order valence-corrected chi connectivity index (χ2v) is 8.04. The third-order valence-electron chi connectivity index (χ3n) is 3.80. The summed E-state index contributed by atoms with van der Waals surface area (Å²) < 4.78 is 23.0. The lowest BCUT2D eigenvalue weighted by Gasteiger charge is -2.33. The second kappa shape index (κ2) is 5.02. The van der Waals surface area contributed by atoms with E-state index in [9.17, 15) is 8.42 Å². The van der Waals surface area contributed by atoms with E-state index in [4.69, 9.17) is 0 Å². The minimum Gasteiger partial charge on any atom is -0.312 e. The molecule has 0 amide bonds. The molecule has 0 aliphatic rings. The Balaban J connectivity index is 3.30. The molecule has 0 fully saturated rings. The lowest BCUT2D eigenvalue weighted by atomic mass is 9.93. The fourth-order valence-corrected chi connectivity index (χ4v) is 2.76. The molecule has 18 heavy (non-hydrogen) atoms. The highest BCUT2D eigenvalue weighted by Crippen LogP contribution is 2.32. The molecule has 0 heterocycles. The van der Waals surface area contributed by atoms with Crippen molar-refractivity contribution in [1.82, 2.24) is 5.32 Å². The molecule has 1 unspecified atom stereocenters. The van der Waals surface area contributed by atoms with E-state index in [2.05, 4.69) is 18.3 Å². The van der Waals surface area contributed by atoms with E-state index >= 15 is 0 Å². The fraction of sp³-hybridized carbons (Fsp3) is 0.571. The van der Waals surface area contributed by atoms with Gasteiger partial charge in [0, 0.05) is 6.26 Å². The van der Waals surface area contributed by atoms with E-state index in [1.807, 2.05) is 19.1 Å². The summed E-state index contributed by atoms with van der Waals surface area (Å²) in [6, 6.07) is 5.87. The molecule has 0 bridgehead atoms. The predicted octanol–water partition coefficient (Wildman–Crippen LogP) is 2.39. The Morgan fingerprint density at radius 2 is 1.72 bits per heavy atom. The molecule has 0 aliphatic heterocycles. The number of hydrogen-bond acceptors (Lipinski definition) is 3. The van der Waals surface area contributed by atoms with Crippen molar-refractivity contribution >= 4 is 9.84 Å². The summed E-state index contributed by atoms with van der Waals surface area (Å²) in [6.07, 6.45) is 1.29. The van der Waals surface area contributed by atoms with Gasteiger partial charge in [-0.3, -0.25) is 0 Å². The summed E-state index contributed by atoms with van der Waals surface area (Å²) in [5.74, 6) is 0. The Hall–Kier alpha value is -0.870. The molecule has 0 aliphatic carbocycles. The average molecular weight is 269 g/mol. The number of hydrogen-bond donors (Lipinski definition) is 1.